The van der Waals surface area contributed by atoms with Gasteiger partial charge in [0.2, 0.25) is 0 Å². The second-order valence-corrected chi connectivity index (χ2v) is 6.63. The summed E-state index contributed by atoms with van der Waals surface area (Å²) in [7, 11) is 0. The van der Waals surface area contributed by atoms with E-state index in [0.717, 1.165) is 47.2 Å². The molecular weight excluding hydrogens is 286 g/mol. The monoisotopic (exact) mass is 307 g/mol. The van der Waals surface area contributed by atoms with Crippen LogP contribution >= 0.6 is 11.3 Å². The Labute approximate surface area is 128 Å². The minimum Gasteiger partial charge on any atom is -0.472 e. The molecule has 1 fully saturated rings. The van der Waals surface area contributed by atoms with Crippen LogP contribution < -0.4 is 10.1 Å². The predicted molar refractivity (Wildman–Crippen MR) is 84.9 cm³/mol. The maximum absolute atomic E-state index is 10.0. The van der Waals surface area contributed by atoms with E-state index in [1.807, 2.05) is 25.1 Å². The molecule has 1 aromatic carbocycles. The third-order valence-electron chi connectivity index (χ3n) is 3.65. The van der Waals surface area contributed by atoms with Crippen molar-refractivity contribution in [3.8, 4) is 5.75 Å². The van der Waals surface area contributed by atoms with Crippen LogP contribution in [0, 0.1) is 6.92 Å². The highest BCUT2D eigenvalue weighted by atomic mass is 32.1. The van der Waals surface area contributed by atoms with Crippen molar-refractivity contribution in [1.82, 2.24) is 15.2 Å². The number of hydrogen-bond donors (Lipinski definition) is 2. The third-order valence-corrected chi connectivity index (χ3v) is 4.60. The van der Waals surface area contributed by atoms with Crippen LogP contribution in [-0.2, 0) is 0 Å². The predicted octanol–water partition coefficient (Wildman–Crippen LogP) is 1.60. The van der Waals surface area contributed by atoms with Crippen molar-refractivity contribution in [3.05, 3.63) is 23.2 Å². The number of aryl methyl sites for hydroxylation is 1. The summed E-state index contributed by atoms with van der Waals surface area (Å²) in [4.78, 5) is 6.67. The van der Waals surface area contributed by atoms with Crippen LogP contribution in [0.1, 0.15) is 11.9 Å². The van der Waals surface area contributed by atoms with E-state index in [2.05, 4.69) is 15.2 Å². The third kappa shape index (κ3) is 3.35. The van der Waals surface area contributed by atoms with Crippen molar-refractivity contribution >= 4 is 21.6 Å². The zero-order valence-electron chi connectivity index (χ0n) is 12.4. The summed E-state index contributed by atoms with van der Waals surface area (Å²) in [5.41, 5.74) is 0.958. The van der Waals surface area contributed by atoms with Crippen LogP contribution in [0.2, 0.25) is 0 Å². The smallest absolute Gasteiger partial charge is 0.178 e. The van der Waals surface area contributed by atoms with Crippen molar-refractivity contribution in [2.45, 2.75) is 26.2 Å². The first-order chi connectivity index (χ1) is 10.1. The Kier molecular flexibility index (Phi) is 4.40. The van der Waals surface area contributed by atoms with Crippen LogP contribution in [-0.4, -0.2) is 53.5 Å². The zero-order chi connectivity index (χ0) is 14.8. The second kappa shape index (κ2) is 6.27. The molecule has 1 aliphatic rings. The molecular formula is C15H21N3O2S. The summed E-state index contributed by atoms with van der Waals surface area (Å²) in [6, 6.07) is 5.94. The first kappa shape index (κ1) is 14.7. The molecule has 5 nitrogen and oxygen atoms in total. The molecule has 114 valence electrons. The fourth-order valence-electron chi connectivity index (χ4n) is 2.65. The lowest BCUT2D eigenvalue weighted by Crippen LogP contribution is -2.54. The quantitative estimate of drug-likeness (QED) is 0.898. The van der Waals surface area contributed by atoms with Gasteiger partial charge in [-0.2, -0.15) is 0 Å². The Morgan fingerprint density at radius 3 is 2.86 bits per heavy atom. The number of fused-ring (bicyclic) bond motifs is 1. The maximum Gasteiger partial charge on any atom is 0.178 e. The van der Waals surface area contributed by atoms with E-state index in [0.29, 0.717) is 0 Å². The highest BCUT2D eigenvalue weighted by Gasteiger charge is 2.26. The first-order valence-electron chi connectivity index (χ1n) is 7.30. The Balaban J connectivity index is 1.79. The Morgan fingerprint density at radius 2 is 2.14 bits per heavy atom. The van der Waals surface area contributed by atoms with Crippen LogP contribution in [0.3, 0.4) is 0 Å². The van der Waals surface area contributed by atoms with Gasteiger partial charge in [-0.3, -0.25) is 4.90 Å². The first-order valence-corrected chi connectivity index (χ1v) is 8.12. The number of aliphatic hydroxyl groups is 1. The van der Waals surface area contributed by atoms with Crippen molar-refractivity contribution in [2.24, 2.45) is 0 Å². The molecule has 1 aliphatic heterocycles. The molecule has 0 saturated carbocycles. The summed E-state index contributed by atoms with van der Waals surface area (Å²) in [5.74, 6) is 0.761. The number of aromatic nitrogens is 1. The molecule has 2 N–H and O–H groups in total. The van der Waals surface area contributed by atoms with Crippen LogP contribution in [0.15, 0.2) is 18.2 Å². The number of rotatable bonds is 4. The van der Waals surface area contributed by atoms with Crippen LogP contribution in [0.4, 0.5) is 0 Å². The number of nitrogens with zero attached hydrogens (tertiary/aromatic N) is 2. The van der Waals surface area contributed by atoms with E-state index in [-0.39, 0.29) is 6.23 Å². The summed E-state index contributed by atoms with van der Waals surface area (Å²) in [5, 5.41) is 14.4. The lowest BCUT2D eigenvalue weighted by atomic mass is 10.2. The van der Waals surface area contributed by atoms with Gasteiger partial charge in [0, 0.05) is 32.2 Å². The number of aliphatic hydroxyl groups excluding tert-OH is 1. The summed E-state index contributed by atoms with van der Waals surface area (Å²) in [6.07, 6.45) is -0.861. The number of hydrogen-bond acceptors (Lipinski definition) is 6. The Hall–Kier alpha value is -1.21. The van der Waals surface area contributed by atoms with E-state index in [9.17, 15) is 5.11 Å². The van der Waals surface area contributed by atoms with Gasteiger partial charge in [-0.15, -0.1) is 11.3 Å². The fourth-order valence-corrected chi connectivity index (χ4v) is 3.46. The topological polar surface area (TPSA) is 57.6 Å². The molecule has 0 spiro atoms. The van der Waals surface area contributed by atoms with Crippen molar-refractivity contribution in [2.75, 3.05) is 26.2 Å². The van der Waals surface area contributed by atoms with Gasteiger partial charge in [0.1, 0.15) is 11.9 Å². The van der Waals surface area contributed by atoms with Gasteiger partial charge >= 0.3 is 0 Å². The maximum atomic E-state index is 10.0. The Bertz CT molecular complexity index is 608. The minimum atomic E-state index is -0.545. The number of thiazole rings is 1. The number of nitrogens with one attached hydrogen (secondary N) is 1. The van der Waals surface area contributed by atoms with Gasteiger partial charge in [-0.1, -0.05) is 0 Å². The molecule has 0 bridgehead atoms. The second-order valence-electron chi connectivity index (χ2n) is 5.40. The van der Waals surface area contributed by atoms with Gasteiger partial charge in [0.15, 0.2) is 6.23 Å². The lowest BCUT2D eigenvalue weighted by molar-refractivity contribution is -0.0623. The molecule has 2 atom stereocenters. The van der Waals surface area contributed by atoms with Gasteiger partial charge in [0.05, 0.1) is 15.2 Å². The van der Waals surface area contributed by atoms with Gasteiger partial charge in [-0.25, -0.2) is 4.98 Å². The van der Waals surface area contributed by atoms with Crippen LogP contribution in [0.5, 0.6) is 5.75 Å². The molecule has 1 aromatic heterocycles. The SMILES string of the molecule is Cc1nc2cc(OC([C@@H](C)O)N3CCNCC3)ccc2s1. The lowest BCUT2D eigenvalue weighted by Gasteiger charge is -2.36. The van der Waals surface area contributed by atoms with Crippen LogP contribution in [0.25, 0.3) is 10.2 Å². The van der Waals surface area contributed by atoms with E-state index >= 15 is 0 Å². The summed E-state index contributed by atoms with van der Waals surface area (Å²) in [6.45, 7) is 7.40. The normalized spacial score (nSPS) is 19.6. The molecule has 1 unspecified atom stereocenters. The number of piperazine rings is 1. The standard InChI is InChI=1S/C15H21N3O2S/c1-10(19)15(18-7-5-16-6-8-18)20-12-3-4-14-13(9-12)17-11(2)21-14/h3-4,9-10,15-16,19H,5-8H2,1-2H3/t10-,15?/m1/s1. The Morgan fingerprint density at radius 1 is 1.38 bits per heavy atom. The molecule has 1 saturated heterocycles. The molecule has 6 heteroatoms. The van der Waals surface area contributed by atoms with Crippen molar-refractivity contribution in [1.29, 1.82) is 0 Å². The average Bonchev–Trinajstić information content (AvgIpc) is 2.84. The summed E-state index contributed by atoms with van der Waals surface area (Å²) < 4.78 is 7.21. The fraction of sp³-hybridized carbons (Fsp3) is 0.533. The molecule has 2 aromatic rings. The number of ether oxygens (including phenoxy) is 1. The minimum absolute atomic E-state index is 0.315. The van der Waals surface area contributed by atoms with E-state index in [1.165, 1.54) is 0 Å². The molecule has 0 amide bonds. The largest absolute Gasteiger partial charge is 0.472 e. The number of benzene rings is 1. The highest BCUT2D eigenvalue weighted by molar-refractivity contribution is 7.18. The molecule has 0 radical (unpaired) electrons. The van der Waals surface area contributed by atoms with Crippen molar-refractivity contribution < 1.29 is 9.84 Å². The average molecular weight is 307 g/mol. The molecule has 0 aliphatic carbocycles. The van der Waals surface area contributed by atoms with E-state index in [4.69, 9.17) is 4.74 Å². The van der Waals surface area contributed by atoms with Gasteiger partial charge in [-0.05, 0) is 26.0 Å². The molecule has 21 heavy (non-hydrogen) atoms. The zero-order valence-corrected chi connectivity index (χ0v) is 13.2. The highest BCUT2D eigenvalue weighted by Crippen LogP contribution is 2.26. The molecule has 2 heterocycles. The van der Waals surface area contributed by atoms with E-state index in [1.54, 1.807) is 18.3 Å². The van der Waals surface area contributed by atoms with E-state index < -0.39 is 6.10 Å². The van der Waals surface area contributed by atoms with Crippen molar-refractivity contribution in [3.63, 3.8) is 0 Å². The summed E-state index contributed by atoms with van der Waals surface area (Å²) >= 11 is 1.68. The van der Waals surface area contributed by atoms with Gasteiger partial charge in [0.25, 0.3) is 0 Å². The van der Waals surface area contributed by atoms with Gasteiger partial charge < -0.3 is 15.2 Å². The molecule has 3 rings (SSSR count).